The molecule has 5 heteroatoms. The van der Waals surface area contributed by atoms with E-state index in [1.165, 1.54) is 12.1 Å². The Labute approximate surface area is 112 Å². The maximum atomic E-state index is 12.8. The lowest BCUT2D eigenvalue weighted by Crippen LogP contribution is -2.33. The van der Waals surface area contributed by atoms with Crippen molar-refractivity contribution in [1.29, 1.82) is 0 Å². The van der Waals surface area contributed by atoms with Crippen LogP contribution in [-0.2, 0) is 12.7 Å². The normalized spacial score (nSPS) is 12.4. The van der Waals surface area contributed by atoms with Crippen molar-refractivity contribution >= 4 is 0 Å². The molecule has 0 spiro atoms. The van der Waals surface area contributed by atoms with Crippen LogP contribution >= 0.6 is 0 Å². The molecule has 0 saturated heterocycles. The molecule has 0 saturated carbocycles. The van der Waals surface area contributed by atoms with Gasteiger partial charge in [-0.2, -0.15) is 13.2 Å². The van der Waals surface area contributed by atoms with Gasteiger partial charge < -0.3 is 10.2 Å². The summed E-state index contributed by atoms with van der Waals surface area (Å²) in [5.41, 5.74) is -0.222. The third kappa shape index (κ3) is 5.61. The van der Waals surface area contributed by atoms with Gasteiger partial charge in [0.25, 0.3) is 0 Å². The predicted octanol–water partition coefficient (Wildman–Crippen LogP) is 3.14. The summed E-state index contributed by atoms with van der Waals surface area (Å²) >= 11 is 0. The molecule has 0 aliphatic carbocycles. The number of nitrogens with zero attached hydrogens (tertiary/aromatic N) is 1. The highest BCUT2D eigenvalue weighted by molar-refractivity contribution is 5.29. The highest BCUT2D eigenvalue weighted by atomic mass is 19.4. The molecule has 0 aromatic heterocycles. The SMILES string of the molecule is CC(C)NCCN(C)Cc1ccccc1C(F)(F)F. The van der Waals surface area contributed by atoms with Gasteiger partial charge in [-0.3, -0.25) is 0 Å². The second-order valence-corrected chi connectivity index (χ2v) is 5.00. The van der Waals surface area contributed by atoms with Gasteiger partial charge in [0.05, 0.1) is 5.56 Å². The van der Waals surface area contributed by atoms with Gasteiger partial charge in [0.15, 0.2) is 0 Å². The third-order valence-electron chi connectivity index (χ3n) is 2.81. The molecular formula is C14H21F3N2. The Bertz CT molecular complexity index is 389. The van der Waals surface area contributed by atoms with Crippen LogP contribution < -0.4 is 5.32 Å². The van der Waals surface area contributed by atoms with Crippen LogP contribution in [0.3, 0.4) is 0 Å². The Balaban J connectivity index is 2.62. The number of nitrogens with one attached hydrogen (secondary N) is 1. The summed E-state index contributed by atoms with van der Waals surface area (Å²) in [4.78, 5) is 1.89. The number of halogens is 3. The molecule has 19 heavy (non-hydrogen) atoms. The van der Waals surface area contributed by atoms with E-state index in [2.05, 4.69) is 5.32 Å². The maximum Gasteiger partial charge on any atom is 0.416 e. The molecule has 108 valence electrons. The van der Waals surface area contributed by atoms with E-state index < -0.39 is 11.7 Å². The molecule has 0 fully saturated rings. The van der Waals surface area contributed by atoms with Gasteiger partial charge >= 0.3 is 6.18 Å². The summed E-state index contributed by atoms with van der Waals surface area (Å²) in [6.45, 7) is 5.86. The average Bonchev–Trinajstić information content (AvgIpc) is 2.27. The molecule has 0 aliphatic rings. The summed E-state index contributed by atoms with van der Waals surface area (Å²) in [7, 11) is 1.83. The lowest BCUT2D eigenvalue weighted by atomic mass is 10.1. The highest BCUT2D eigenvalue weighted by Gasteiger charge is 2.32. The van der Waals surface area contributed by atoms with Crippen molar-refractivity contribution in [1.82, 2.24) is 10.2 Å². The first kappa shape index (κ1) is 16.0. The molecule has 0 amide bonds. The fraction of sp³-hybridized carbons (Fsp3) is 0.571. The molecule has 1 aromatic carbocycles. The Morgan fingerprint density at radius 2 is 1.84 bits per heavy atom. The highest BCUT2D eigenvalue weighted by Crippen LogP contribution is 2.32. The molecule has 0 atom stereocenters. The van der Waals surface area contributed by atoms with Gasteiger partial charge in [0, 0.05) is 25.7 Å². The molecule has 0 unspecified atom stereocenters. The van der Waals surface area contributed by atoms with Crippen molar-refractivity contribution < 1.29 is 13.2 Å². The first-order valence-corrected chi connectivity index (χ1v) is 6.37. The van der Waals surface area contributed by atoms with Crippen molar-refractivity contribution in [3.8, 4) is 0 Å². The minimum Gasteiger partial charge on any atom is -0.313 e. The molecule has 0 radical (unpaired) electrons. The topological polar surface area (TPSA) is 15.3 Å². The Hall–Kier alpha value is -1.07. The zero-order valence-electron chi connectivity index (χ0n) is 11.6. The Morgan fingerprint density at radius 3 is 2.42 bits per heavy atom. The Morgan fingerprint density at radius 1 is 1.21 bits per heavy atom. The molecular weight excluding hydrogens is 253 g/mol. The van der Waals surface area contributed by atoms with E-state index in [0.29, 0.717) is 24.7 Å². The number of likely N-dealkylation sites (N-methyl/N-ethyl adjacent to an activating group) is 1. The molecule has 1 aromatic rings. The minimum atomic E-state index is -4.28. The molecule has 0 heterocycles. The second-order valence-electron chi connectivity index (χ2n) is 5.00. The summed E-state index contributed by atoms with van der Waals surface area (Å²) < 4.78 is 38.5. The fourth-order valence-corrected chi connectivity index (χ4v) is 1.85. The second kappa shape index (κ2) is 6.91. The van der Waals surface area contributed by atoms with E-state index in [9.17, 15) is 13.2 Å². The van der Waals surface area contributed by atoms with E-state index in [1.54, 1.807) is 6.07 Å². The van der Waals surface area contributed by atoms with E-state index in [0.717, 1.165) is 12.6 Å². The van der Waals surface area contributed by atoms with E-state index >= 15 is 0 Å². The number of hydrogen-bond donors (Lipinski definition) is 1. The Kier molecular flexibility index (Phi) is 5.82. The minimum absolute atomic E-state index is 0.301. The lowest BCUT2D eigenvalue weighted by molar-refractivity contribution is -0.138. The van der Waals surface area contributed by atoms with Crippen molar-refractivity contribution in [3.63, 3.8) is 0 Å². The van der Waals surface area contributed by atoms with Gasteiger partial charge in [-0.25, -0.2) is 0 Å². The average molecular weight is 274 g/mol. The number of benzene rings is 1. The van der Waals surface area contributed by atoms with E-state index in [-0.39, 0.29) is 0 Å². The number of alkyl halides is 3. The molecule has 1 N–H and O–H groups in total. The van der Waals surface area contributed by atoms with Gasteiger partial charge in [0.1, 0.15) is 0 Å². The van der Waals surface area contributed by atoms with Crippen molar-refractivity contribution in [2.24, 2.45) is 0 Å². The van der Waals surface area contributed by atoms with Gasteiger partial charge in [-0.05, 0) is 18.7 Å². The van der Waals surface area contributed by atoms with Crippen molar-refractivity contribution in [2.75, 3.05) is 20.1 Å². The first-order chi connectivity index (χ1) is 8.80. The van der Waals surface area contributed by atoms with Gasteiger partial charge in [-0.15, -0.1) is 0 Å². The molecule has 2 nitrogen and oxygen atoms in total. The van der Waals surface area contributed by atoms with Crippen LogP contribution in [0, 0.1) is 0 Å². The molecule has 0 bridgehead atoms. The summed E-state index contributed by atoms with van der Waals surface area (Å²) in [6.07, 6.45) is -4.28. The fourth-order valence-electron chi connectivity index (χ4n) is 1.85. The monoisotopic (exact) mass is 274 g/mol. The van der Waals surface area contributed by atoms with Crippen LogP contribution in [-0.4, -0.2) is 31.1 Å². The summed E-state index contributed by atoms with van der Waals surface area (Å²) in [6, 6.07) is 6.12. The quantitative estimate of drug-likeness (QED) is 0.857. The summed E-state index contributed by atoms with van der Waals surface area (Å²) in [5.74, 6) is 0. The van der Waals surface area contributed by atoms with Crippen molar-refractivity contribution in [3.05, 3.63) is 35.4 Å². The zero-order chi connectivity index (χ0) is 14.5. The smallest absolute Gasteiger partial charge is 0.313 e. The zero-order valence-corrected chi connectivity index (χ0v) is 11.6. The first-order valence-electron chi connectivity index (χ1n) is 6.37. The predicted molar refractivity (Wildman–Crippen MR) is 70.9 cm³/mol. The van der Waals surface area contributed by atoms with Crippen LogP contribution in [0.5, 0.6) is 0 Å². The van der Waals surface area contributed by atoms with Crippen LogP contribution in [0.4, 0.5) is 13.2 Å². The van der Waals surface area contributed by atoms with Crippen LogP contribution in [0.25, 0.3) is 0 Å². The third-order valence-corrected chi connectivity index (χ3v) is 2.81. The van der Waals surface area contributed by atoms with Crippen LogP contribution in [0.15, 0.2) is 24.3 Å². The van der Waals surface area contributed by atoms with Crippen LogP contribution in [0.2, 0.25) is 0 Å². The van der Waals surface area contributed by atoms with E-state index in [4.69, 9.17) is 0 Å². The van der Waals surface area contributed by atoms with Crippen molar-refractivity contribution in [2.45, 2.75) is 32.6 Å². The van der Waals surface area contributed by atoms with E-state index in [1.807, 2.05) is 25.8 Å². The number of hydrogen-bond acceptors (Lipinski definition) is 2. The summed E-state index contributed by atoms with van der Waals surface area (Å²) in [5, 5.41) is 3.24. The number of rotatable bonds is 6. The van der Waals surface area contributed by atoms with Crippen LogP contribution in [0.1, 0.15) is 25.0 Å². The van der Waals surface area contributed by atoms with Gasteiger partial charge in [0.2, 0.25) is 0 Å². The molecule has 0 aliphatic heterocycles. The molecule has 1 rings (SSSR count). The maximum absolute atomic E-state index is 12.8. The largest absolute Gasteiger partial charge is 0.416 e. The van der Waals surface area contributed by atoms with Gasteiger partial charge in [-0.1, -0.05) is 32.0 Å². The lowest BCUT2D eigenvalue weighted by Gasteiger charge is -2.20. The standard InChI is InChI=1S/C14H21F3N2/c1-11(2)18-8-9-19(3)10-12-6-4-5-7-13(12)14(15,16)17/h4-7,11,18H,8-10H2,1-3H3.